The molecule has 1 heterocycles. The number of hydrogen-bond donors (Lipinski definition) is 1. The Labute approximate surface area is 125 Å². The van der Waals surface area contributed by atoms with Gasteiger partial charge in [-0.25, -0.2) is 4.90 Å². The number of imide groups is 1. The number of hydrogen-bond acceptors (Lipinski definition) is 3. The number of anilines is 1. The zero-order valence-corrected chi connectivity index (χ0v) is 12.4. The average Bonchev–Trinajstić information content (AvgIpc) is 2.77. The largest absolute Gasteiger partial charge is 0.302 e. The molecule has 3 atom stereocenters. The molecular weight excluding hydrogens is 264 g/mol. The zero-order valence-electron chi connectivity index (χ0n) is 12.4. The van der Waals surface area contributed by atoms with Gasteiger partial charge in [-0.1, -0.05) is 38.0 Å². The third-order valence-electron chi connectivity index (χ3n) is 4.69. The molecule has 1 saturated carbocycles. The van der Waals surface area contributed by atoms with Crippen molar-refractivity contribution in [1.29, 1.82) is 0 Å². The second-order valence-electron chi connectivity index (χ2n) is 6.19. The molecule has 1 saturated heterocycles. The number of para-hydroxylation sites is 1. The van der Waals surface area contributed by atoms with Crippen molar-refractivity contribution >= 4 is 17.5 Å². The number of rotatable bonds is 3. The van der Waals surface area contributed by atoms with E-state index >= 15 is 0 Å². The van der Waals surface area contributed by atoms with Crippen LogP contribution in [-0.2, 0) is 9.59 Å². The Kier molecular flexibility index (Phi) is 4.06. The summed E-state index contributed by atoms with van der Waals surface area (Å²) in [5, 5.41) is 3.44. The van der Waals surface area contributed by atoms with Crippen molar-refractivity contribution in [3.8, 4) is 0 Å². The van der Waals surface area contributed by atoms with Crippen molar-refractivity contribution in [2.24, 2.45) is 5.92 Å². The minimum Gasteiger partial charge on any atom is -0.302 e. The molecule has 1 aliphatic carbocycles. The van der Waals surface area contributed by atoms with E-state index in [1.54, 1.807) is 12.1 Å². The molecule has 4 nitrogen and oxygen atoms in total. The number of benzene rings is 1. The number of nitrogens with zero attached hydrogens (tertiary/aromatic N) is 1. The maximum absolute atomic E-state index is 12.5. The van der Waals surface area contributed by atoms with Crippen molar-refractivity contribution < 1.29 is 9.59 Å². The van der Waals surface area contributed by atoms with Crippen LogP contribution in [0.15, 0.2) is 30.3 Å². The quantitative estimate of drug-likeness (QED) is 0.869. The summed E-state index contributed by atoms with van der Waals surface area (Å²) in [5.41, 5.74) is 0.675. The van der Waals surface area contributed by atoms with Gasteiger partial charge in [-0.3, -0.25) is 9.59 Å². The fourth-order valence-corrected chi connectivity index (χ4v) is 3.43. The minimum absolute atomic E-state index is 0.104. The molecule has 3 rings (SSSR count). The Balaban J connectivity index is 1.71. The van der Waals surface area contributed by atoms with E-state index in [0.29, 0.717) is 17.6 Å². The standard InChI is InChI=1S/C17H22N2O2/c1-12-7-5-6-10-14(12)18-15-11-16(20)19(17(15)21)13-8-3-2-4-9-13/h2-4,8-9,12,14-15,18H,5-7,10-11H2,1H3/t12-,14-,15-/m0/s1. The van der Waals surface area contributed by atoms with Crippen LogP contribution in [0.25, 0.3) is 0 Å². The third kappa shape index (κ3) is 2.86. The van der Waals surface area contributed by atoms with Crippen LogP contribution in [-0.4, -0.2) is 23.9 Å². The fourth-order valence-electron chi connectivity index (χ4n) is 3.43. The SMILES string of the molecule is C[C@H]1CCCC[C@@H]1N[C@H]1CC(=O)N(c2ccccc2)C1=O. The average molecular weight is 286 g/mol. The van der Waals surface area contributed by atoms with Crippen LogP contribution in [0.1, 0.15) is 39.0 Å². The van der Waals surface area contributed by atoms with Gasteiger partial charge in [-0.2, -0.15) is 0 Å². The highest BCUT2D eigenvalue weighted by Crippen LogP contribution is 2.27. The van der Waals surface area contributed by atoms with Gasteiger partial charge in [0.2, 0.25) is 5.91 Å². The van der Waals surface area contributed by atoms with Crippen molar-refractivity contribution in [3.63, 3.8) is 0 Å². The molecule has 2 amide bonds. The van der Waals surface area contributed by atoms with E-state index in [4.69, 9.17) is 0 Å². The van der Waals surface area contributed by atoms with E-state index in [1.807, 2.05) is 18.2 Å². The number of amides is 2. The lowest BCUT2D eigenvalue weighted by atomic mass is 9.85. The monoisotopic (exact) mass is 286 g/mol. The Hall–Kier alpha value is -1.68. The first-order valence-corrected chi connectivity index (χ1v) is 7.84. The van der Waals surface area contributed by atoms with Gasteiger partial charge in [0.1, 0.15) is 0 Å². The normalized spacial score (nSPS) is 30.0. The Morgan fingerprint density at radius 2 is 1.81 bits per heavy atom. The van der Waals surface area contributed by atoms with Crippen LogP contribution in [0, 0.1) is 5.92 Å². The summed E-state index contributed by atoms with van der Waals surface area (Å²) in [7, 11) is 0. The van der Waals surface area contributed by atoms with E-state index in [-0.39, 0.29) is 24.3 Å². The van der Waals surface area contributed by atoms with Crippen LogP contribution >= 0.6 is 0 Å². The predicted molar refractivity (Wildman–Crippen MR) is 81.9 cm³/mol. The van der Waals surface area contributed by atoms with E-state index in [2.05, 4.69) is 12.2 Å². The molecule has 0 aromatic heterocycles. The molecule has 21 heavy (non-hydrogen) atoms. The molecule has 0 unspecified atom stereocenters. The van der Waals surface area contributed by atoms with Gasteiger partial charge >= 0.3 is 0 Å². The Morgan fingerprint density at radius 3 is 2.52 bits per heavy atom. The van der Waals surface area contributed by atoms with Gasteiger partial charge in [0.15, 0.2) is 0 Å². The highest BCUT2D eigenvalue weighted by Gasteiger charge is 2.41. The van der Waals surface area contributed by atoms with Crippen molar-refractivity contribution in [2.75, 3.05) is 4.90 Å². The molecule has 0 spiro atoms. The molecule has 2 aliphatic rings. The van der Waals surface area contributed by atoms with Crippen LogP contribution in [0.3, 0.4) is 0 Å². The van der Waals surface area contributed by atoms with Crippen LogP contribution < -0.4 is 10.2 Å². The first-order valence-electron chi connectivity index (χ1n) is 7.84. The lowest BCUT2D eigenvalue weighted by molar-refractivity contribution is -0.121. The molecule has 4 heteroatoms. The molecule has 0 bridgehead atoms. The summed E-state index contributed by atoms with van der Waals surface area (Å²) in [4.78, 5) is 26.0. The summed E-state index contributed by atoms with van der Waals surface area (Å²) in [5.74, 6) is 0.364. The highest BCUT2D eigenvalue weighted by atomic mass is 16.2. The Morgan fingerprint density at radius 1 is 1.10 bits per heavy atom. The summed E-state index contributed by atoms with van der Waals surface area (Å²) in [6, 6.07) is 9.19. The lowest BCUT2D eigenvalue weighted by Gasteiger charge is -2.31. The van der Waals surface area contributed by atoms with Crippen molar-refractivity contribution in [1.82, 2.24) is 5.32 Å². The topological polar surface area (TPSA) is 49.4 Å². The maximum Gasteiger partial charge on any atom is 0.251 e. The van der Waals surface area contributed by atoms with E-state index in [9.17, 15) is 9.59 Å². The smallest absolute Gasteiger partial charge is 0.251 e. The highest BCUT2D eigenvalue weighted by molar-refractivity contribution is 6.22. The number of carbonyl (C=O) groups excluding carboxylic acids is 2. The van der Waals surface area contributed by atoms with Crippen LogP contribution in [0.5, 0.6) is 0 Å². The molecule has 1 aromatic carbocycles. The van der Waals surface area contributed by atoms with E-state index in [1.165, 1.54) is 24.2 Å². The zero-order chi connectivity index (χ0) is 14.8. The molecule has 1 N–H and O–H groups in total. The van der Waals surface area contributed by atoms with Gasteiger partial charge in [0.25, 0.3) is 5.91 Å². The van der Waals surface area contributed by atoms with Gasteiger partial charge < -0.3 is 5.32 Å². The maximum atomic E-state index is 12.5. The Bertz CT molecular complexity index is 529. The van der Waals surface area contributed by atoms with Crippen LogP contribution in [0.2, 0.25) is 0 Å². The van der Waals surface area contributed by atoms with Gasteiger partial charge in [0, 0.05) is 6.04 Å². The van der Waals surface area contributed by atoms with Crippen molar-refractivity contribution in [2.45, 2.75) is 51.1 Å². The predicted octanol–water partition coefficient (Wildman–Crippen LogP) is 2.49. The van der Waals surface area contributed by atoms with Gasteiger partial charge in [0.05, 0.1) is 18.2 Å². The van der Waals surface area contributed by atoms with Gasteiger partial charge in [-0.05, 0) is 30.9 Å². The molecule has 1 aromatic rings. The van der Waals surface area contributed by atoms with E-state index < -0.39 is 0 Å². The first-order chi connectivity index (χ1) is 10.2. The number of nitrogens with one attached hydrogen (secondary N) is 1. The minimum atomic E-state index is -0.358. The number of carbonyl (C=O) groups is 2. The van der Waals surface area contributed by atoms with E-state index in [0.717, 1.165) is 6.42 Å². The summed E-state index contributed by atoms with van der Waals surface area (Å²) in [6.07, 6.45) is 5.06. The molecule has 1 aliphatic heterocycles. The summed E-state index contributed by atoms with van der Waals surface area (Å²) < 4.78 is 0. The van der Waals surface area contributed by atoms with Crippen LogP contribution in [0.4, 0.5) is 5.69 Å². The summed E-state index contributed by atoms with van der Waals surface area (Å²) in [6.45, 7) is 2.23. The lowest BCUT2D eigenvalue weighted by Crippen LogP contribution is -2.47. The molecule has 2 fully saturated rings. The molecule has 0 radical (unpaired) electrons. The van der Waals surface area contributed by atoms with Gasteiger partial charge in [-0.15, -0.1) is 0 Å². The third-order valence-corrected chi connectivity index (χ3v) is 4.69. The first kappa shape index (κ1) is 14.3. The second kappa shape index (κ2) is 5.98. The molecular formula is C17H22N2O2. The van der Waals surface area contributed by atoms with Crippen molar-refractivity contribution in [3.05, 3.63) is 30.3 Å². The second-order valence-corrected chi connectivity index (χ2v) is 6.19. The fraction of sp³-hybridized carbons (Fsp3) is 0.529. The molecule has 112 valence electrons. The summed E-state index contributed by atoms with van der Waals surface area (Å²) >= 11 is 0.